The normalized spacial score (nSPS) is 19.7. The standard InChI is InChI=1S/C22H23ClFN3O2/c23-19-12-17(24)9-8-16(19)11-21-25-22(29-26-21)20-13-18(28)14-27(20)10-4-7-15-5-2-1-3-6-15/h1-3,5-6,8-9,12,18,20,28H,4,7,10-11,13-14H2. The van der Waals surface area contributed by atoms with Crippen LogP contribution in [0.1, 0.15) is 41.7 Å². The van der Waals surface area contributed by atoms with Gasteiger partial charge in [-0.15, -0.1) is 0 Å². The van der Waals surface area contributed by atoms with Gasteiger partial charge in [0.1, 0.15) is 5.82 Å². The predicted molar refractivity (Wildman–Crippen MR) is 108 cm³/mol. The molecule has 2 heterocycles. The Balaban J connectivity index is 1.39. The molecule has 0 bridgehead atoms. The minimum Gasteiger partial charge on any atom is -0.392 e. The number of hydrogen-bond acceptors (Lipinski definition) is 5. The molecule has 5 nitrogen and oxygen atoms in total. The first-order valence-electron chi connectivity index (χ1n) is 9.81. The third-order valence-corrected chi connectivity index (χ3v) is 5.62. The maximum absolute atomic E-state index is 13.2. The van der Waals surface area contributed by atoms with E-state index in [2.05, 4.69) is 27.2 Å². The molecule has 2 atom stereocenters. The van der Waals surface area contributed by atoms with Gasteiger partial charge >= 0.3 is 0 Å². The lowest BCUT2D eigenvalue weighted by molar-refractivity contribution is 0.172. The number of aromatic nitrogens is 2. The number of nitrogens with zero attached hydrogens (tertiary/aromatic N) is 3. The van der Waals surface area contributed by atoms with E-state index in [1.54, 1.807) is 6.07 Å². The van der Waals surface area contributed by atoms with Gasteiger partial charge in [-0.3, -0.25) is 4.90 Å². The van der Waals surface area contributed by atoms with Gasteiger partial charge in [-0.2, -0.15) is 4.98 Å². The molecule has 1 aliphatic heterocycles. The summed E-state index contributed by atoms with van der Waals surface area (Å²) < 4.78 is 18.7. The molecule has 3 aromatic rings. The maximum Gasteiger partial charge on any atom is 0.244 e. The fourth-order valence-electron chi connectivity index (χ4n) is 3.82. The highest BCUT2D eigenvalue weighted by Crippen LogP contribution is 2.31. The van der Waals surface area contributed by atoms with Crippen LogP contribution in [0, 0.1) is 5.82 Å². The number of aliphatic hydroxyl groups excluding tert-OH is 1. The highest BCUT2D eigenvalue weighted by Gasteiger charge is 2.35. The number of β-amino-alcohol motifs (C(OH)–C–C–N with tert-alkyl or cyclic N) is 1. The number of halogens is 2. The van der Waals surface area contributed by atoms with Crippen molar-refractivity contribution in [2.45, 2.75) is 37.8 Å². The van der Waals surface area contributed by atoms with Crippen molar-refractivity contribution in [3.8, 4) is 0 Å². The summed E-state index contributed by atoms with van der Waals surface area (Å²) in [5, 5.41) is 14.6. The SMILES string of the molecule is OC1CC(c2nc(Cc3ccc(F)cc3Cl)no2)N(CCCc2ccccc2)C1. The third-order valence-electron chi connectivity index (χ3n) is 5.27. The van der Waals surface area contributed by atoms with Crippen molar-refractivity contribution in [1.82, 2.24) is 15.0 Å². The molecular weight excluding hydrogens is 393 g/mol. The minimum absolute atomic E-state index is 0.0919. The molecule has 2 aromatic carbocycles. The lowest BCUT2D eigenvalue weighted by Gasteiger charge is -2.20. The summed E-state index contributed by atoms with van der Waals surface area (Å²) in [6.07, 6.45) is 2.51. The van der Waals surface area contributed by atoms with E-state index in [1.807, 2.05) is 18.2 Å². The Kier molecular flexibility index (Phi) is 6.23. The summed E-state index contributed by atoms with van der Waals surface area (Å²) in [6.45, 7) is 1.44. The monoisotopic (exact) mass is 415 g/mol. The van der Waals surface area contributed by atoms with E-state index in [-0.39, 0.29) is 11.9 Å². The van der Waals surface area contributed by atoms with Crippen LogP contribution in [0.25, 0.3) is 0 Å². The molecular formula is C22H23ClFN3O2. The number of rotatable bonds is 7. The van der Waals surface area contributed by atoms with E-state index in [9.17, 15) is 9.50 Å². The number of aryl methyl sites for hydroxylation is 1. The fraction of sp³-hybridized carbons (Fsp3) is 0.364. The summed E-state index contributed by atoms with van der Waals surface area (Å²) in [5.74, 6) is 0.632. The molecule has 7 heteroatoms. The molecule has 1 aromatic heterocycles. The van der Waals surface area contributed by atoms with Crippen LogP contribution < -0.4 is 0 Å². The van der Waals surface area contributed by atoms with Crippen LogP contribution in [-0.4, -0.2) is 39.3 Å². The smallest absolute Gasteiger partial charge is 0.244 e. The van der Waals surface area contributed by atoms with Crippen molar-refractivity contribution in [3.05, 3.63) is 82.2 Å². The van der Waals surface area contributed by atoms with Gasteiger partial charge in [-0.05, 0) is 49.1 Å². The van der Waals surface area contributed by atoms with Gasteiger partial charge in [0.25, 0.3) is 0 Å². The van der Waals surface area contributed by atoms with Crippen molar-refractivity contribution < 1.29 is 14.0 Å². The Morgan fingerprint density at radius 3 is 2.83 bits per heavy atom. The second-order valence-electron chi connectivity index (χ2n) is 7.45. The van der Waals surface area contributed by atoms with Crippen molar-refractivity contribution in [2.75, 3.05) is 13.1 Å². The molecule has 0 aliphatic carbocycles. The summed E-state index contributed by atoms with van der Waals surface area (Å²) in [4.78, 5) is 6.72. The van der Waals surface area contributed by atoms with Crippen LogP contribution in [0.3, 0.4) is 0 Å². The van der Waals surface area contributed by atoms with Crippen LogP contribution in [-0.2, 0) is 12.8 Å². The molecule has 0 amide bonds. The zero-order chi connectivity index (χ0) is 20.2. The van der Waals surface area contributed by atoms with Crippen LogP contribution in [0.4, 0.5) is 4.39 Å². The van der Waals surface area contributed by atoms with E-state index in [0.717, 1.165) is 24.9 Å². The highest BCUT2D eigenvalue weighted by atomic mass is 35.5. The van der Waals surface area contributed by atoms with Crippen molar-refractivity contribution in [2.24, 2.45) is 0 Å². The molecule has 1 aliphatic rings. The first-order valence-corrected chi connectivity index (χ1v) is 10.2. The molecule has 0 saturated carbocycles. The average molecular weight is 416 g/mol. The zero-order valence-electron chi connectivity index (χ0n) is 16.0. The van der Waals surface area contributed by atoms with Gasteiger partial charge in [0.2, 0.25) is 5.89 Å². The average Bonchev–Trinajstić information content (AvgIpc) is 3.31. The van der Waals surface area contributed by atoms with Gasteiger partial charge in [0, 0.05) is 18.0 Å². The van der Waals surface area contributed by atoms with E-state index in [4.69, 9.17) is 16.1 Å². The number of likely N-dealkylation sites (tertiary alicyclic amines) is 1. The van der Waals surface area contributed by atoms with E-state index in [1.165, 1.54) is 17.7 Å². The van der Waals surface area contributed by atoms with Gasteiger partial charge in [0.15, 0.2) is 5.82 Å². The first-order chi connectivity index (χ1) is 14.1. The second-order valence-corrected chi connectivity index (χ2v) is 7.86. The second kappa shape index (κ2) is 9.03. The van der Waals surface area contributed by atoms with Crippen LogP contribution >= 0.6 is 11.6 Å². The van der Waals surface area contributed by atoms with Crippen molar-refractivity contribution in [1.29, 1.82) is 0 Å². The van der Waals surface area contributed by atoms with Crippen molar-refractivity contribution >= 4 is 11.6 Å². The predicted octanol–water partition coefficient (Wildman–Crippen LogP) is 4.19. The maximum atomic E-state index is 13.2. The van der Waals surface area contributed by atoms with Gasteiger partial charge in [-0.25, -0.2) is 4.39 Å². The lowest BCUT2D eigenvalue weighted by Crippen LogP contribution is -2.26. The van der Waals surface area contributed by atoms with Gasteiger partial charge in [0.05, 0.1) is 12.1 Å². The molecule has 0 spiro atoms. The fourth-order valence-corrected chi connectivity index (χ4v) is 4.06. The Labute approximate surface area is 174 Å². The molecule has 0 radical (unpaired) electrons. The molecule has 1 N–H and O–H groups in total. The molecule has 1 saturated heterocycles. The largest absolute Gasteiger partial charge is 0.392 e. The Hall–Kier alpha value is -2.28. The molecule has 2 unspecified atom stereocenters. The summed E-state index contributed by atoms with van der Waals surface area (Å²) in [5.41, 5.74) is 2.05. The van der Waals surface area contributed by atoms with E-state index < -0.39 is 6.10 Å². The summed E-state index contributed by atoms with van der Waals surface area (Å²) in [7, 11) is 0. The Morgan fingerprint density at radius 1 is 1.21 bits per heavy atom. The Morgan fingerprint density at radius 2 is 2.03 bits per heavy atom. The molecule has 29 heavy (non-hydrogen) atoms. The minimum atomic E-state index is -0.404. The summed E-state index contributed by atoms with van der Waals surface area (Å²) >= 11 is 6.10. The van der Waals surface area contributed by atoms with E-state index >= 15 is 0 Å². The van der Waals surface area contributed by atoms with Crippen LogP contribution in [0.5, 0.6) is 0 Å². The van der Waals surface area contributed by atoms with Crippen LogP contribution in [0.15, 0.2) is 53.1 Å². The topological polar surface area (TPSA) is 62.4 Å². The Bertz CT molecular complexity index is 950. The zero-order valence-corrected chi connectivity index (χ0v) is 16.7. The molecule has 1 fully saturated rings. The quantitative estimate of drug-likeness (QED) is 0.626. The summed E-state index contributed by atoms with van der Waals surface area (Å²) in [6, 6.07) is 14.5. The first kappa shape index (κ1) is 20.0. The highest BCUT2D eigenvalue weighted by molar-refractivity contribution is 6.31. The molecule has 4 rings (SSSR count). The van der Waals surface area contributed by atoms with Gasteiger partial charge in [-0.1, -0.05) is 53.2 Å². The number of aliphatic hydroxyl groups is 1. The van der Waals surface area contributed by atoms with Crippen LogP contribution in [0.2, 0.25) is 5.02 Å². The third kappa shape index (κ3) is 5.01. The lowest BCUT2D eigenvalue weighted by atomic mass is 10.1. The molecule has 152 valence electrons. The van der Waals surface area contributed by atoms with Crippen molar-refractivity contribution in [3.63, 3.8) is 0 Å². The number of hydrogen-bond donors (Lipinski definition) is 1. The number of benzene rings is 2. The van der Waals surface area contributed by atoms with Gasteiger partial charge < -0.3 is 9.63 Å². The van der Waals surface area contributed by atoms with E-state index in [0.29, 0.717) is 36.1 Å².